The predicted octanol–water partition coefficient (Wildman–Crippen LogP) is 3.56. The summed E-state index contributed by atoms with van der Waals surface area (Å²) < 4.78 is 39.9. The Bertz CT molecular complexity index is 818. The van der Waals surface area contributed by atoms with Gasteiger partial charge in [-0.1, -0.05) is 22.4 Å². The van der Waals surface area contributed by atoms with E-state index in [1.165, 1.54) is 13.5 Å². The van der Waals surface area contributed by atoms with Gasteiger partial charge in [0.1, 0.15) is 16.4 Å². The van der Waals surface area contributed by atoms with E-state index in [4.69, 9.17) is 9.15 Å². The Hall–Kier alpha value is -1.35. The van der Waals surface area contributed by atoms with Crippen molar-refractivity contribution in [1.29, 1.82) is 0 Å². The Morgan fingerprint density at radius 3 is 2.69 bits per heavy atom. The van der Waals surface area contributed by atoms with Crippen molar-refractivity contribution in [2.24, 2.45) is 0 Å². The molecule has 8 heteroatoms. The lowest BCUT2D eigenvalue weighted by Gasteiger charge is -2.33. The summed E-state index contributed by atoms with van der Waals surface area (Å²) in [5, 5.41) is 0. The Kier molecular flexibility index (Phi) is 6.39. The number of hydrogen-bond donors (Lipinski definition) is 1. The van der Waals surface area contributed by atoms with Crippen molar-refractivity contribution in [3.63, 3.8) is 0 Å². The first-order valence-electron chi connectivity index (χ1n) is 8.62. The van der Waals surface area contributed by atoms with E-state index in [2.05, 4.69) is 25.6 Å². The van der Waals surface area contributed by atoms with Gasteiger partial charge in [0.15, 0.2) is 0 Å². The molecule has 26 heavy (non-hydrogen) atoms. The number of hydrogen-bond acceptors (Lipinski definition) is 5. The number of sulfonamides is 1. The van der Waals surface area contributed by atoms with E-state index in [0.717, 1.165) is 31.7 Å². The molecule has 0 saturated carbocycles. The fourth-order valence-corrected chi connectivity index (χ4v) is 4.99. The third-order valence-electron chi connectivity index (χ3n) is 4.58. The maximum Gasteiger partial charge on any atom is 0.244 e. The summed E-state index contributed by atoms with van der Waals surface area (Å²) in [5.74, 6) is 1.09. The number of halogens is 1. The highest BCUT2D eigenvalue weighted by molar-refractivity contribution is 9.10. The van der Waals surface area contributed by atoms with Crippen LogP contribution in [-0.4, -0.2) is 40.1 Å². The predicted molar refractivity (Wildman–Crippen MR) is 103 cm³/mol. The first-order valence-corrected chi connectivity index (χ1v) is 10.9. The molecule has 0 amide bonds. The van der Waals surface area contributed by atoms with Gasteiger partial charge in [-0.2, -0.15) is 0 Å². The van der Waals surface area contributed by atoms with E-state index in [1.807, 2.05) is 12.1 Å². The number of piperidine rings is 1. The van der Waals surface area contributed by atoms with Crippen molar-refractivity contribution >= 4 is 26.0 Å². The summed E-state index contributed by atoms with van der Waals surface area (Å²) in [6, 6.07) is 8.53. The number of nitrogens with one attached hydrogen (secondary N) is 1. The third kappa shape index (κ3) is 4.49. The molecule has 6 nitrogen and oxygen atoms in total. The average Bonchev–Trinajstić information content (AvgIpc) is 3.17. The van der Waals surface area contributed by atoms with E-state index < -0.39 is 10.0 Å². The van der Waals surface area contributed by atoms with Crippen molar-refractivity contribution in [3.05, 3.63) is 46.8 Å². The highest BCUT2D eigenvalue weighted by atomic mass is 79.9. The molecule has 1 aliphatic rings. The van der Waals surface area contributed by atoms with Crippen LogP contribution in [0, 0.1) is 0 Å². The molecule has 1 atom stereocenters. The van der Waals surface area contributed by atoms with Crippen LogP contribution in [0.3, 0.4) is 0 Å². The molecular formula is C18H23BrN2O4S. The molecule has 0 spiro atoms. The minimum Gasteiger partial charge on any atom is -0.495 e. The molecule has 1 aromatic heterocycles. The first kappa shape index (κ1) is 19.4. The van der Waals surface area contributed by atoms with E-state index in [-0.39, 0.29) is 17.5 Å². The van der Waals surface area contributed by atoms with Gasteiger partial charge in [-0.15, -0.1) is 0 Å². The van der Waals surface area contributed by atoms with Gasteiger partial charge >= 0.3 is 0 Å². The van der Waals surface area contributed by atoms with Crippen LogP contribution in [0.15, 0.2) is 50.4 Å². The zero-order chi connectivity index (χ0) is 18.6. The van der Waals surface area contributed by atoms with Crippen molar-refractivity contribution in [3.8, 4) is 5.75 Å². The zero-order valence-corrected chi connectivity index (χ0v) is 17.1. The maximum absolute atomic E-state index is 12.9. The zero-order valence-electron chi connectivity index (χ0n) is 14.7. The van der Waals surface area contributed by atoms with Gasteiger partial charge in [-0.05, 0) is 56.3 Å². The first-order chi connectivity index (χ1) is 12.5. The second-order valence-corrected chi connectivity index (χ2v) is 8.93. The molecule has 1 aliphatic heterocycles. The van der Waals surface area contributed by atoms with Crippen LogP contribution in [0.4, 0.5) is 0 Å². The number of furan rings is 1. The van der Waals surface area contributed by atoms with Crippen LogP contribution in [0.25, 0.3) is 0 Å². The molecule has 1 aromatic carbocycles. The number of likely N-dealkylation sites (tertiary alicyclic amines) is 1. The summed E-state index contributed by atoms with van der Waals surface area (Å²) in [6.45, 7) is 2.12. The van der Waals surface area contributed by atoms with E-state index in [9.17, 15) is 8.42 Å². The molecule has 1 unspecified atom stereocenters. The molecule has 0 radical (unpaired) electrons. The number of benzene rings is 1. The van der Waals surface area contributed by atoms with E-state index in [0.29, 0.717) is 10.2 Å². The summed E-state index contributed by atoms with van der Waals surface area (Å²) >= 11 is 3.32. The van der Waals surface area contributed by atoms with Gasteiger partial charge in [-0.3, -0.25) is 4.90 Å². The number of nitrogens with zero attached hydrogens (tertiary/aromatic N) is 1. The summed E-state index contributed by atoms with van der Waals surface area (Å²) in [4.78, 5) is 2.40. The summed E-state index contributed by atoms with van der Waals surface area (Å²) in [5.41, 5.74) is 0. The Morgan fingerprint density at radius 2 is 2.04 bits per heavy atom. The summed E-state index contributed by atoms with van der Waals surface area (Å²) in [6.07, 6.45) is 5.06. The molecule has 0 bridgehead atoms. The van der Waals surface area contributed by atoms with Crippen LogP contribution in [0.2, 0.25) is 0 Å². The van der Waals surface area contributed by atoms with Crippen LogP contribution >= 0.6 is 15.9 Å². The Balaban J connectivity index is 1.81. The third-order valence-corrected chi connectivity index (χ3v) is 6.52. The molecule has 2 aromatic rings. The van der Waals surface area contributed by atoms with Crippen LogP contribution in [0.5, 0.6) is 5.75 Å². The molecule has 3 rings (SSSR count). The van der Waals surface area contributed by atoms with Gasteiger partial charge in [0.25, 0.3) is 0 Å². The molecule has 0 aliphatic carbocycles. The quantitative estimate of drug-likeness (QED) is 0.709. The van der Waals surface area contributed by atoms with Crippen molar-refractivity contribution < 1.29 is 17.6 Å². The molecule has 142 valence electrons. The molecule has 1 saturated heterocycles. The second-order valence-electron chi connectivity index (χ2n) is 6.27. The monoisotopic (exact) mass is 442 g/mol. The van der Waals surface area contributed by atoms with Gasteiger partial charge in [0.2, 0.25) is 10.0 Å². The second kappa shape index (κ2) is 8.56. The highest BCUT2D eigenvalue weighted by Gasteiger charge is 2.27. The minimum atomic E-state index is -3.72. The lowest BCUT2D eigenvalue weighted by Crippen LogP contribution is -2.40. The van der Waals surface area contributed by atoms with Crippen molar-refractivity contribution in [2.45, 2.75) is 30.2 Å². The van der Waals surface area contributed by atoms with E-state index in [1.54, 1.807) is 24.5 Å². The lowest BCUT2D eigenvalue weighted by molar-refractivity contribution is 0.147. The standard InChI is InChI=1S/C18H23BrN2O4S/c1-24-17-8-7-14(19)12-18(17)26(22,23)20-13-15(16-6-5-11-25-16)21-9-3-2-4-10-21/h5-8,11-12,15,20H,2-4,9-10,13H2,1H3. The van der Waals surface area contributed by atoms with E-state index >= 15 is 0 Å². The van der Waals surface area contributed by atoms with Crippen LogP contribution in [-0.2, 0) is 10.0 Å². The molecular weight excluding hydrogens is 420 g/mol. The van der Waals surface area contributed by atoms with Crippen LogP contribution < -0.4 is 9.46 Å². The van der Waals surface area contributed by atoms with Gasteiger partial charge < -0.3 is 9.15 Å². The smallest absolute Gasteiger partial charge is 0.244 e. The van der Waals surface area contributed by atoms with Crippen LogP contribution in [0.1, 0.15) is 31.1 Å². The minimum absolute atomic E-state index is 0.117. The number of ether oxygens (including phenoxy) is 1. The fraction of sp³-hybridized carbons (Fsp3) is 0.444. The maximum atomic E-state index is 12.9. The highest BCUT2D eigenvalue weighted by Crippen LogP contribution is 2.29. The number of methoxy groups -OCH3 is 1. The van der Waals surface area contributed by atoms with Gasteiger partial charge in [0.05, 0.1) is 19.4 Å². The SMILES string of the molecule is COc1ccc(Br)cc1S(=O)(=O)NCC(c1ccco1)N1CCCCC1. The topological polar surface area (TPSA) is 71.8 Å². The Labute approximate surface area is 162 Å². The molecule has 2 heterocycles. The molecule has 1 N–H and O–H groups in total. The van der Waals surface area contributed by atoms with Gasteiger partial charge in [0, 0.05) is 11.0 Å². The van der Waals surface area contributed by atoms with Crippen molar-refractivity contribution in [2.75, 3.05) is 26.7 Å². The fourth-order valence-electron chi connectivity index (χ4n) is 3.25. The number of rotatable bonds is 7. The molecule has 1 fully saturated rings. The van der Waals surface area contributed by atoms with Crippen molar-refractivity contribution in [1.82, 2.24) is 9.62 Å². The normalized spacial score (nSPS) is 17.2. The van der Waals surface area contributed by atoms with Gasteiger partial charge in [-0.25, -0.2) is 13.1 Å². The Morgan fingerprint density at radius 1 is 1.27 bits per heavy atom. The largest absolute Gasteiger partial charge is 0.495 e. The lowest BCUT2D eigenvalue weighted by atomic mass is 10.1. The summed E-state index contributed by atoms with van der Waals surface area (Å²) in [7, 11) is -2.26. The average molecular weight is 443 g/mol.